The van der Waals surface area contributed by atoms with E-state index < -0.39 is 0 Å². The van der Waals surface area contributed by atoms with Crippen LogP contribution >= 0.6 is 34.8 Å². The molecule has 1 aromatic rings. The largest absolute Gasteiger partial charge is 0.506 e. The van der Waals surface area contributed by atoms with Crippen molar-refractivity contribution in [2.75, 3.05) is 5.88 Å². The fourth-order valence-corrected chi connectivity index (χ4v) is 1.52. The van der Waals surface area contributed by atoms with Crippen molar-refractivity contribution in [3.63, 3.8) is 0 Å². The molecule has 1 rings (SSSR count). The maximum absolute atomic E-state index is 9.14. The molecule has 0 aliphatic heterocycles. The summed E-state index contributed by atoms with van der Waals surface area (Å²) in [6, 6.07) is 3.22. The smallest absolute Gasteiger partial charge is 0.135 e. The minimum atomic E-state index is -0.0000101. The third-order valence-corrected chi connectivity index (χ3v) is 2.61. The Hall–Kier alpha value is -0.110. The molecule has 0 spiro atoms. The summed E-state index contributed by atoms with van der Waals surface area (Å²) in [5.41, 5.74) is 0.856. The molecule has 0 bridgehead atoms. The minimum absolute atomic E-state index is 0.0000101. The Morgan fingerprint density at radius 1 is 1.17 bits per heavy atom. The standard InChI is InChI=1S/C8H7Cl3O/c9-4-3-5-1-2-6(12)8(11)7(5)10/h1-2,12H,3-4H2. The minimum Gasteiger partial charge on any atom is -0.506 e. The molecular formula is C8H7Cl3O. The average Bonchev–Trinajstić information content (AvgIpc) is 2.07. The molecule has 0 aromatic heterocycles. The molecule has 0 heterocycles. The van der Waals surface area contributed by atoms with Crippen molar-refractivity contribution in [2.45, 2.75) is 6.42 Å². The van der Waals surface area contributed by atoms with Gasteiger partial charge >= 0.3 is 0 Å². The monoisotopic (exact) mass is 224 g/mol. The third kappa shape index (κ3) is 1.98. The van der Waals surface area contributed by atoms with Gasteiger partial charge in [-0.15, -0.1) is 11.6 Å². The van der Waals surface area contributed by atoms with E-state index >= 15 is 0 Å². The number of aryl methyl sites for hydroxylation is 1. The van der Waals surface area contributed by atoms with Gasteiger partial charge in [0.25, 0.3) is 0 Å². The highest BCUT2D eigenvalue weighted by Crippen LogP contribution is 2.33. The molecule has 0 amide bonds. The van der Waals surface area contributed by atoms with Crippen LogP contribution in [0.2, 0.25) is 10.0 Å². The van der Waals surface area contributed by atoms with Crippen LogP contribution in [0.15, 0.2) is 12.1 Å². The van der Waals surface area contributed by atoms with Crippen LogP contribution in [-0.4, -0.2) is 11.0 Å². The van der Waals surface area contributed by atoms with Crippen LogP contribution in [0, 0.1) is 0 Å². The first-order valence-electron chi connectivity index (χ1n) is 3.38. The number of alkyl halides is 1. The van der Waals surface area contributed by atoms with E-state index in [1.807, 2.05) is 0 Å². The van der Waals surface area contributed by atoms with Crippen molar-refractivity contribution >= 4 is 34.8 Å². The fourth-order valence-electron chi connectivity index (χ4n) is 0.874. The first-order chi connectivity index (χ1) is 5.66. The number of hydrogen-bond acceptors (Lipinski definition) is 1. The maximum atomic E-state index is 9.14. The van der Waals surface area contributed by atoms with Crippen molar-refractivity contribution in [2.24, 2.45) is 0 Å². The molecule has 66 valence electrons. The molecule has 1 nitrogen and oxygen atoms in total. The summed E-state index contributed by atoms with van der Waals surface area (Å²) in [6.45, 7) is 0. The SMILES string of the molecule is Oc1ccc(CCCl)c(Cl)c1Cl. The molecule has 0 radical (unpaired) electrons. The lowest BCUT2D eigenvalue weighted by molar-refractivity contribution is 0.475. The molecule has 1 aromatic carbocycles. The van der Waals surface area contributed by atoms with E-state index in [-0.39, 0.29) is 10.8 Å². The van der Waals surface area contributed by atoms with Crippen molar-refractivity contribution in [3.8, 4) is 5.75 Å². The zero-order valence-electron chi connectivity index (χ0n) is 6.15. The molecule has 0 aliphatic rings. The highest BCUT2D eigenvalue weighted by atomic mass is 35.5. The molecule has 0 unspecified atom stereocenters. The maximum Gasteiger partial charge on any atom is 0.135 e. The zero-order chi connectivity index (χ0) is 9.14. The van der Waals surface area contributed by atoms with Gasteiger partial charge in [0.1, 0.15) is 10.8 Å². The molecule has 12 heavy (non-hydrogen) atoms. The highest BCUT2D eigenvalue weighted by Gasteiger charge is 2.07. The van der Waals surface area contributed by atoms with Crippen LogP contribution in [0.1, 0.15) is 5.56 Å². The predicted octanol–water partition coefficient (Wildman–Crippen LogP) is 3.48. The second kappa shape index (κ2) is 4.22. The molecule has 1 N–H and O–H groups in total. The lowest BCUT2D eigenvalue weighted by atomic mass is 10.1. The molecule has 0 saturated heterocycles. The third-order valence-electron chi connectivity index (χ3n) is 1.51. The Balaban J connectivity index is 3.08. The lowest BCUT2D eigenvalue weighted by Gasteiger charge is -2.04. The van der Waals surface area contributed by atoms with Gasteiger partial charge in [-0.2, -0.15) is 0 Å². The van der Waals surface area contributed by atoms with Gasteiger partial charge in [0.2, 0.25) is 0 Å². The predicted molar refractivity (Wildman–Crippen MR) is 52.6 cm³/mol. The summed E-state index contributed by atoms with van der Waals surface area (Å²) in [5, 5.41) is 9.72. The van der Waals surface area contributed by atoms with Gasteiger partial charge in [-0.05, 0) is 18.1 Å². The van der Waals surface area contributed by atoms with Crippen LogP contribution in [-0.2, 0) is 6.42 Å². The number of phenolic OH excluding ortho intramolecular Hbond substituents is 1. The molecule has 4 heteroatoms. The van der Waals surface area contributed by atoms with E-state index in [2.05, 4.69) is 0 Å². The van der Waals surface area contributed by atoms with E-state index in [0.29, 0.717) is 17.3 Å². The summed E-state index contributed by atoms with van der Waals surface area (Å²) in [7, 11) is 0. The summed E-state index contributed by atoms with van der Waals surface area (Å²) in [6.07, 6.45) is 0.653. The van der Waals surface area contributed by atoms with Gasteiger partial charge in [0.15, 0.2) is 0 Å². The van der Waals surface area contributed by atoms with E-state index in [4.69, 9.17) is 39.9 Å². The quantitative estimate of drug-likeness (QED) is 0.764. The Morgan fingerprint density at radius 2 is 1.83 bits per heavy atom. The number of halogens is 3. The number of hydrogen-bond donors (Lipinski definition) is 1. The van der Waals surface area contributed by atoms with E-state index in [9.17, 15) is 0 Å². The fraction of sp³-hybridized carbons (Fsp3) is 0.250. The van der Waals surface area contributed by atoms with Crippen LogP contribution in [0.5, 0.6) is 5.75 Å². The van der Waals surface area contributed by atoms with Crippen molar-refractivity contribution < 1.29 is 5.11 Å². The normalized spacial score (nSPS) is 10.2. The Bertz CT molecular complexity index is 286. The molecule has 0 aliphatic carbocycles. The van der Waals surface area contributed by atoms with Crippen LogP contribution in [0.25, 0.3) is 0 Å². The van der Waals surface area contributed by atoms with E-state index in [1.54, 1.807) is 6.07 Å². The summed E-state index contributed by atoms with van der Waals surface area (Å²) >= 11 is 17.1. The van der Waals surface area contributed by atoms with E-state index in [0.717, 1.165) is 5.56 Å². The highest BCUT2D eigenvalue weighted by molar-refractivity contribution is 6.43. The number of aromatic hydroxyl groups is 1. The average molecular weight is 226 g/mol. The summed E-state index contributed by atoms with van der Waals surface area (Å²) in [4.78, 5) is 0. The summed E-state index contributed by atoms with van der Waals surface area (Å²) < 4.78 is 0. The first-order valence-corrected chi connectivity index (χ1v) is 4.67. The lowest BCUT2D eigenvalue weighted by Crippen LogP contribution is -1.87. The number of benzene rings is 1. The van der Waals surface area contributed by atoms with Gasteiger partial charge in [-0.25, -0.2) is 0 Å². The molecule has 0 saturated carbocycles. The topological polar surface area (TPSA) is 20.2 Å². The second-order valence-electron chi connectivity index (χ2n) is 2.31. The van der Waals surface area contributed by atoms with Gasteiger partial charge in [-0.3, -0.25) is 0 Å². The Kier molecular flexibility index (Phi) is 3.51. The first kappa shape index (κ1) is 9.97. The van der Waals surface area contributed by atoms with Gasteiger partial charge in [-0.1, -0.05) is 29.3 Å². The van der Waals surface area contributed by atoms with Crippen LogP contribution in [0.4, 0.5) is 0 Å². The molecule has 0 atom stereocenters. The van der Waals surface area contributed by atoms with Crippen LogP contribution < -0.4 is 0 Å². The molecule has 0 fully saturated rings. The van der Waals surface area contributed by atoms with Gasteiger partial charge < -0.3 is 5.11 Å². The van der Waals surface area contributed by atoms with E-state index in [1.165, 1.54) is 6.07 Å². The van der Waals surface area contributed by atoms with Crippen LogP contribution in [0.3, 0.4) is 0 Å². The van der Waals surface area contributed by atoms with Crippen molar-refractivity contribution in [1.29, 1.82) is 0 Å². The summed E-state index contributed by atoms with van der Waals surface area (Å²) in [5.74, 6) is 0.487. The number of phenols is 1. The number of rotatable bonds is 2. The Morgan fingerprint density at radius 3 is 2.42 bits per heavy atom. The van der Waals surface area contributed by atoms with Crippen molar-refractivity contribution in [3.05, 3.63) is 27.7 Å². The second-order valence-corrected chi connectivity index (χ2v) is 3.44. The van der Waals surface area contributed by atoms with Gasteiger partial charge in [0.05, 0.1) is 5.02 Å². The van der Waals surface area contributed by atoms with Gasteiger partial charge in [0, 0.05) is 5.88 Å². The Labute approximate surface area is 85.9 Å². The zero-order valence-corrected chi connectivity index (χ0v) is 8.42. The molecular weight excluding hydrogens is 218 g/mol. The van der Waals surface area contributed by atoms with Crippen molar-refractivity contribution in [1.82, 2.24) is 0 Å².